The van der Waals surface area contributed by atoms with Crippen LogP contribution in [-0.2, 0) is 0 Å². The van der Waals surface area contributed by atoms with Crippen molar-refractivity contribution in [2.45, 2.75) is 46.0 Å². The first kappa shape index (κ1) is 13.3. The van der Waals surface area contributed by atoms with Crippen molar-refractivity contribution in [1.82, 2.24) is 10.2 Å². The summed E-state index contributed by atoms with van der Waals surface area (Å²) in [6.07, 6.45) is 6.59. The van der Waals surface area contributed by atoms with Crippen LogP contribution in [-0.4, -0.2) is 31.1 Å². The molecule has 0 spiro atoms. The van der Waals surface area contributed by atoms with Gasteiger partial charge in [0, 0.05) is 20.1 Å². The summed E-state index contributed by atoms with van der Waals surface area (Å²) in [4.78, 5) is 13.3. The zero-order valence-electron chi connectivity index (χ0n) is 11.0. The quantitative estimate of drug-likeness (QED) is 0.785. The van der Waals surface area contributed by atoms with Gasteiger partial charge in [-0.2, -0.15) is 0 Å². The van der Waals surface area contributed by atoms with Gasteiger partial charge in [0.05, 0.1) is 0 Å². The summed E-state index contributed by atoms with van der Waals surface area (Å²) in [5, 5.41) is 3.02. The van der Waals surface area contributed by atoms with Crippen molar-refractivity contribution in [2.75, 3.05) is 20.1 Å². The lowest BCUT2D eigenvalue weighted by Crippen LogP contribution is -2.40. The average molecular weight is 226 g/mol. The molecule has 0 aliphatic heterocycles. The van der Waals surface area contributed by atoms with E-state index in [9.17, 15) is 4.79 Å². The van der Waals surface area contributed by atoms with E-state index in [1.165, 1.54) is 32.1 Å². The van der Waals surface area contributed by atoms with Gasteiger partial charge in [0.1, 0.15) is 0 Å². The normalized spacial score (nSPS) is 25.2. The number of carbonyl (C=O) groups is 1. The molecular weight excluding hydrogens is 200 g/mol. The molecule has 0 aromatic rings. The first-order chi connectivity index (χ1) is 7.67. The van der Waals surface area contributed by atoms with Crippen LogP contribution in [0.1, 0.15) is 46.0 Å². The molecule has 3 nitrogen and oxygen atoms in total. The summed E-state index contributed by atoms with van der Waals surface area (Å²) in [5.41, 5.74) is 0. The van der Waals surface area contributed by atoms with E-state index in [0.717, 1.165) is 19.0 Å². The van der Waals surface area contributed by atoms with Gasteiger partial charge < -0.3 is 10.2 Å². The summed E-state index contributed by atoms with van der Waals surface area (Å²) in [6.45, 7) is 5.91. The summed E-state index contributed by atoms with van der Waals surface area (Å²) in [7, 11) is 1.84. The standard InChI is InChI=1S/C13H26N2O/c1-4-11-6-8-12(9-7-11)10-14-13(16)15(3)5-2/h11-12H,4-10H2,1-3H3,(H,14,16). The predicted molar refractivity (Wildman–Crippen MR) is 67.4 cm³/mol. The number of hydrogen-bond donors (Lipinski definition) is 1. The lowest BCUT2D eigenvalue weighted by atomic mass is 9.81. The van der Waals surface area contributed by atoms with E-state index in [2.05, 4.69) is 12.2 Å². The van der Waals surface area contributed by atoms with Crippen molar-refractivity contribution < 1.29 is 4.79 Å². The monoisotopic (exact) mass is 226 g/mol. The third kappa shape index (κ3) is 4.03. The molecule has 0 atom stereocenters. The van der Waals surface area contributed by atoms with E-state index in [0.29, 0.717) is 5.92 Å². The van der Waals surface area contributed by atoms with Crippen LogP contribution in [0.5, 0.6) is 0 Å². The largest absolute Gasteiger partial charge is 0.338 e. The number of nitrogens with zero attached hydrogens (tertiary/aromatic N) is 1. The van der Waals surface area contributed by atoms with E-state index >= 15 is 0 Å². The van der Waals surface area contributed by atoms with Gasteiger partial charge in [-0.3, -0.25) is 0 Å². The maximum Gasteiger partial charge on any atom is 0.317 e. The van der Waals surface area contributed by atoms with Gasteiger partial charge in [0.25, 0.3) is 0 Å². The molecule has 3 heteroatoms. The molecule has 0 bridgehead atoms. The Morgan fingerprint density at radius 1 is 1.19 bits per heavy atom. The van der Waals surface area contributed by atoms with Gasteiger partial charge in [-0.05, 0) is 31.6 Å². The smallest absolute Gasteiger partial charge is 0.317 e. The molecule has 0 radical (unpaired) electrons. The Morgan fingerprint density at radius 2 is 1.75 bits per heavy atom. The van der Waals surface area contributed by atoms with E-state index in [4.69, 9.17) is 0 Å². The second-order valence-electron chi connectivity index (χ2n) is 5.00. The Morgan fingerprint density at radius 3 is 2.25 bits per heavy atom. The maximum absolute atomic E-state index is 11.6. The van der Waals surface area contributed by atoms with Gasteiger partial charge in [-0.15, -0.1) is 0 Å². The number of urea groups is 1. The number of nitrogens with one attached hydrogen (secondary N) is 1. The maximum atomic E-state index is 11.6. The fourth-order valence-corrected chi connectivity index (χ4v) is 2.35. The van der Waals surface area contributed by atoms with Crippen molar-refractivity contribution >= 4 is 6.03 Å². The van der Waals surface area contributed by atoms with Crippen LogP contribution in [0.2, 0.25) is 0 Å². The zero-order chi connectivity index (χ0) is 12.0. The molecule has 1 N–H and O–H groups in total. The highest BCUT2D eigenvalue weighted by Crippen LogP contribution is 2.29. The summed E-state index contributed by atoms with van der Waals surface area (Å²) >= 11 is 0. The van der Waals surface area contributed by atoms with Crippen LogP contribution in [0, 0.1) is 11.8 Å². The van der Waals surface area contributed by atoms with Gasteiger partial charge in [0.2, 0.25) is 0 Å². The molecule has 1 saturated carbocycles. The molecule has 1 fully saturated rings. The van der Waals surface area contributed by atoms with Crippen molar-refractivity contribution in [2.24, 2.45) is 11.8 Å². The van der Waals surface area contributed by atoms with Crippen LogP contribution in [0.15, 0.2) is 0 Å². The van der Waals surface area contributed by atoms with Crippen LogP contribution >= 0.6 is 0 Å². The third-order valence-electron chi connectivity index (χ3n) is 3.91. The SMILES string of the molecule is CCC1CCC(CNC(=O)N(C)CC)CC1. The highest BCUT2D eigenvalue weighted by molar-refractivity contribution is 5.73. The minimum Gasteiger partial charge on any atom is -0.338 e. The van der Waals surface area contributed by atoms with Crippen molar-refractivity contribution in [3.63, 3.8) is 0 Å². The molecule has 2 amide bonds. The number of rotatable bonds is 4. The zero-order valence-corrected chi connectivity index (χ0v) is 11.0. The van der Waals surface area contributed by atoms with Crippen LogP contribution in [0.3, 0.4) is 0 Å². The van der Waals surface area contributed by atoms with Gasteiger partial charge in [-0.1, -0.05) is 26.2 Å². The van der Waals surface area contributed by atoms with E-state index in [1.807, 2.05) is 14.0 Å². The van der Waals surface area contributed by atoms with Crippen molar-refractivity contribution in [3.05, 3.63) is 0 Å². The molecule has 1 aliphatic carbocycles. The molecule has 0 unspecified atom stereocenters. The van der Waals surface area contributed by atoms with Crippen molar-refractivity contribution in [3.8, 4) is 0 Å². The number of carbonyl (C=O) groups excluding carboxylic acids is 1. The van der Waals surface area contributed by atoms with Crippen LogP contribution in [0.4, 0.5) is 4.79 Å². The molecule has 0 saturated heterocycles. The molecule has 0 heterocycles. The fourth-order valence-electron chi connectivity index (χ4n) is 2.35. The summed E-state index contributed by atoms with van der Waals surface area (Å²) < 4.78 is 0. The molecule has 0 aromatic heterocycles. The summed E-state index contributed by atoms with van der Waals surface area (Å²) in [5.74, 6) is 1.64. The van der Waals surface area contributed by atoms with E-state index in [1.54, 1.807) is 4.90 Å². The van der Waals surface area contributed by atoms with Gasteiger partial charge in [-0.25, -0.2) is 4.79 Å². The molecule has 0 aromatic carbocycles. The van der Waals surface area contributed by atoms with E-state index in [-0.39, 0.29) is 6.03 Å². The minimum absolute atomic E-state index is 0.0696. The molecule has 1 rings (SSSR count). The third-order valence-corrected chi connectivity index (χ3v) is 3.91. The number of amides is 2. The Labute approximate surface area is 99.6 Å². The Kier molecular flexibility index (Phi) is 5.64. The molecule has 94 valence electrons. The first-order valence-corrected chi connectivity index (χ1v) is 6.66. The van der Waals surface area contributed by atoms with Crippen LogP contribution in [0.25, 0.3) is 0 Å². The summed E-state index contributed by atoms with van der Waals surface area (Å²) in [6, 6.07) is 0.0696. The molecule has 16 heavy (non-hydrogen) atoms. The number of hydrogen-bond acceptors (Lipinski definition) is 1. The Bertz CT molecular complexity index is 210. The van der Waals surface area contributed by atoms with Crippen molar-refractivity contribution in [1.29, 1.82) is 0 Å². The lowest BCUT2D eigenvalue weighted by molar-refractivity contribution is 0.203. The topological polar surface area (TPSA) is 32.3 Å². The predicted octanol–water partition coefficient (Wildman–Crippen LogP) is 2.86. The van der Waals surface area contributed by atoms with Gasteiger partial charge >= 0.3 is 6.03 Å². The highest BCUT2D eigenvalue weighted by atomic mass is 16.2. The van der Waals surface area contributed by atoms with E-state index < -0.39 is 0 Å². The Hall–Kier alpha value is -0.730. The molecule has 1 aliphatic rings. The Balaban J connectivity index is 2.17. The van der Waals surface area contributed by atoms with Gasteiger partial charge in [0.15, 0.2) is 0 Å². The lowest BCUT2D eigenvalue weighted by Gasteiger charge is -2.28. The highest BCUT2D eigenvalue weighted by Gasteiger charge is 2.20. The molecular formula is C13H26N2O. The van der Waals surface area contributed by atoms with Crippen LogP contribution < -0.4 is 5.32 Å². The first-order valence-electron chi connectivity index (χ1n) is 6.66. The second-order valence-corrected chi connectivity index (χ2v) is 5.00. The fraction of sp³-hybridized carbons (Fsp3) is 0.923. The average Bonchev–Trinajstić information content (AvgIpc) is 2.35. The minimum atomic E-state index is 0.0696. The second kappa shape index (κ2) is 6.77.